The molecule has 1 heterocycles. The SMILES string of the molecule is CCn1c(CCC2CCCC2)nnc1S(=O)(=O)Cl. The second-order valence-electron chi connectivity index (χ2n) is 4.77. The second kappa shape index (κ2) is 5.57. The Kier molecular flexibility index (Phi) is 4.27. The van der Waals surface area contributed by atoms with Crippen molar-refractivity contribution in [3.63, 3.8) is 0 Å². The van der Waals surface area contributed by atoms with Gasteiger partial charge in [-0.25, -0.2) is 8.42 Å². The molecule has 5 nitrogen and oxygen atoms in total. The Morgan fingerprint density at radius 1 is 1.33 bits per heavy atom. The molecule has 0 aromatic carbocycles. The number of aromatic nitrogens is 3. The third-order valence-corrected chi connectivity index (χ3v) is 4.73. The van der Waals surface area contributed by atoms with E-state index in [9.17, 15) is 8.42 Å². The minimum absolute atomic E-state index is 0.131. The second-order valence-corrected chi connectivity index (χ2v) is 7.23. The van der Waals surface area contributed by atoms with E-state index in [1.54, 1.807) is 4.57 Å². The van der Waals surface area contributed by atoms with Crippen molar-refractivity contribution in [3.8, 4) is 0 Å². The zero-order chi connectivity index (χ0) is 13.2. The van der Waals surface area contributed by atoms with Gasteiger partial charge in [0.05, 0.1) is 0 Å². The van der Waals surface area contributed by atoms with E-state index >= 15 is 0 Å². The van der Waals surface area contributed by atoms with Gasteiger partial charge in [-0.05, 0) is 19.3 Å². The molecule has 1 aliphatic rings. The molecule has 0 N–H and O–H groups in total. The lowest BCUT2D eigenvalue weighted by molar-refractivity contribution is 0.485. The van der Waals surface area contributed by atoms with Crippen molar-refractivity contribution in [2.24, 2.45) is 5.92 Å². The summed E-state index contributed by atoms with van der Waals surface area (Å²) in [4.78, 5) is 0. The molecular formula is C11H18ClN3O2S. The number of rotatable bonds is 5. The first-order valence-electron chi connectivity index (χ1n) is 6.39. The van der Waals surface area contributed by atoms with Crippen LogP contribution < -0.4 is 0 Å². The molecule has 0 aliphatic heterocycles. The van der Waals surface area contributed by atoms with E-state index in [2.05, 4.69) is 10.2 Å². The summed E-state index contributed by atoms with van der Waals surface area (Å²) in [5.41, 5.74) is 0. The number of hydrogen-bond acceptors (Lipinski definition) is 4. The lowest BCUT2D eigenvalue weighted by atomic mass is 10.0. The van der Waals surface area contributed by atoms with Crippen LogP contribution in [0.5, 0.6) is 0 Å². The van der Waals surface area contributed by atoms with Gasteiger partial charge in [-0.3, -0.25) is 0 Å². The maximum atomic E-state index is 11.3. The molecule has 0 saturated heterocycles. The molecule has 0 bridgehead atoms. The van der Waals surface area contributed by atoms with Gasteiger partial charge >= 0.3 is 0 Å². The lowest BCUT2D eigenvalue weighted by Crippen LogP contribution is -2.09. The van der Waals surface area contributed by atoms with Crippen molar-refractivity contribution in [2.75, 3.05) is 0 Å². The summed E-state index contributed by atoms with van der Waals surface area (Å²) < 4.78 is 24.3. The minimum atomic E-state index is -3.80. The van der Waals surface area contributed by atoms with Crippen molar-refractivity contribution in [3.05, 3.63) is 5.82 Å². The van der Waals surface area contributed by atoms with Gasteiger partial charge in [0.15, 0.2) is 0 Å². The van der Waals surface area contributed by atoms with Gasteiger partial charge in [-0.2, -0.15) is 0 Å². The highest BCUT2D eigenvalue weighted by Crippen LogP contribution is 2.28. The van der Waals surface area contributed by atoms with Crippen LogP contribution in [0.25, 0.3) is 0 Å². The predicted molar refractivity (Wildman–Crippen MR) is 69.0 cm³/mol. The van der Waals surface area contributed by atoms with Crippen LogP contribution in [0.3, 0.4) is 0 Å². The molecule has 1 aromatic heterocycles. The summed E-state index contributed by atoms with van der Waals surface area (Å²) in [7, 11) is 1.53. The van der Waals surface area contributed by atoms with E-state index in [1.807, 2.05) is 6.92 Å². The smallest absolute Gasteiger partial charge is 0.296 e. The van der Waals surface area contributed by atoms with Crippen molar-refractivity contribution in [2.45, 2.75) is 57.1 Å². The van der Waals surface area contributed by atoms with Crippen molar-refractivity contribution >= 4 is 19.7 Å². The topological polar surface area (TPSA) is 64.8 Å². The molecule has 18 heavy (non-hydrogen) atoms. The molecule has 1 saturated carbocycles. The van der Waals surface area contributed by atoms with Crippen LogP contribution in [0, 0.1) is 5.92 Å². The largest absolute Gasteiger partial charge is 0.301 e. The predicted octanol–water partition coefficient (Wildman–Crippen LogP) is 2.35. The van der Waals surface area contributed by atoms with Crippen molar-refractivity contribution in [1.29, 1.82) is 0 Å². The number of hydrogen-bond donors (Lipinski definition) is 0. The zero-order valence-corrected chi connectivity index (χ0v) is 12.0. The summed E-state index contributed by atoms with van der Waals surface area (Å²) in [6.07, 6.45) is 7.01. The minimum Gasteiger partial charge on any atom is -0.301 e. The molecule has 1 aromatic rings. The van der Waals surface area contributed by atoms with Crippen LogP contribution in [-0.2, 0) is 22.0 Å². The van der Waals surface area contributed by atoms with E-state index in [0.717, 1.165) is 24.6 Å². The van der Waals surface area contributed by atoms with Gasteiger partial charge in [-0.15, -0.1) is 10.2 Å². The Labute approximate surface area is 112 Å². The summed E-state index contributed by atoms with van der Waals surface area (Å²) in [6, 6.07) is 0. The molecule has 2 rings (SSSR count). The van der Waals surface area contributed by atoms with Crippen LogP contribution in [0.15, 0.2) is 5.16 Å². The first-order chi connectivity index (χ1) is 8.52. The van der Waals surface area contributed by atoms with Crippen LogP contribution in [-0.4, -0.2) is 23.2 Å². The summed E-state index contributed by atoms with van der Waals surface area (Å²) in [5, 5.41) is 7.53. The third kappa shape index (κ3) is 3.03. The first kappa shape index (κ1) is 13.8. The highest BCUT2D eigenvalue weighted by Gasteiger charge is 2.22. The monoisotopic (exact) mass is 291 g/mol. The quantitative estimate of drug-likeness (QED) is 0.781. The average Bonchev–Trinajstić information content (AvgIpc) is 2.94. The van der Waals surface area contributed by atoms with Gasteiger partial charge < -0.3 is 4.57 Å². The van der Waals surface area contributed by atoms with Crippen LogP contribution in [0.1, 0.15) is 44.9 Å². The molecule has 1 aliphatic carbocycles. The normalized spacial score (nSPS) is 17.4. The molecule has 0 unspecified atom stereocenters. The maximum absolute atomic E-state index is 11.3. The molecule has 102 valence electrons. The lowest BCUT2D eigenvalue weighted by Gasteiger charge is -2.09. The van der Waals surface area contributed by atoms with Crippen LogP contribution in [0.2, 0.25) is 0 Å². The Balaban J connectivity index is 2.10. The fourth-order valence-electron chi connectivity index (χ4n) is 2.63. The molecule has 0 amide bonds. The molecule has 0 radical (unpaired) electrons. The molecule has 0 spiro atoms. The summed E-state index contributed by atoms with van der Waals surface area (Å²) >= 11 is 0. The van der Waals surface area contributed by atoms with Gasteiger partial charge in [0.25, 0.3) is 14.2 Å². The average molecular weight is 292 g/mol. The molecular weight excluding hydrogens is 274 g/mol. The van der Waals surface area contributed by atoms with Crippen LogP contribution in [0.4, 0.5) is 0 Å². The van der Waals surface area contributed by atoms with E-state index < -0.39 is 9.05 Å². The van der Waals surface area contributed by atoms with Crippen molar-refractivity contribution < 1.29 is 8.42 Å². The number of halogens is 1. The molecule has 7 heteroatoms. The number of aryl methyl sites for hydroxylation is 1. The highest BCUT2D eigenvalue weighted by molar-refractivity contribution is 8.13. The zero-order valence-electron chi connectivity index (χ0n) is 10.5. The summed E-state index contributed by atoms with van der Waals surface area (Å²) in [5.74, 6) is 1.48. The van der Waals surface area contributed by atoms with E-state index in [0.29, 0.717) is 6.54 Å². The fraction of sp³-hybridized carbons (Fsp3) is 0.818. The van der Waals surface area contributed by atoms with Gasteiger partial charge in [0.2, 0.25) is 0 Å². The Hall–Kier alpha value is -0.620. The fourth-order valence-corrected chi connectivity index (χ4v) is 3.61. The standard InChI is InChI=1S/C11H18ClN3O2S/c1-2-15-10(8-7-9-5-3-4-6-9)13-14-11(15)18(12,16)17/h9H,2-8H2,1H3. The maximum Gasteiger partial charge on any atom is 0.296 e. The van der Waals surface area contributed by atoms with Crippen LogP contribution >= 0.6 is 10.7 Å². The molecule has 1 fully saturated rings. The molecule has 0 atom stereocenters. The van der Waals surface area contributed by atoms with E-state index in [4.69, 9.17) is 10.7 Å². The van der Waals surface area contributed by atoms with Gasteiger partial charge in [-0.1, -0.05) is 25.7 Å². The van der Waals surface area contributed by atoms with Gasteiger partial charge in [0, 0.05) is 23.6 Å². The highest BCUT2D eigenvalue weighted by atomic mass is 35.7. The van der Waals surface area contributed by atoms with Gasteiger partial charge in [0.1, 0.15) is 5.82 Å². The van der Waals surface area contributed by atoms with E-state index in [-0.39, 0.29) is 5.16 Å². The Morgan fingerprint density at radius 3 is 2.56 bits per heavy atom. The third-order valence-electron chi connectivity index (χ3n) is 3.58. The van der Waals surface area contributed by atoms with Crippen molar-refractivity contribution in [1.82, 2.24) is 14.8 Å². The Bertz CT molecular complexity index is 506. The van der Waals surface area contributed by atoms with E-state index in [1.165, 1.54) is 25.7 Å². The first-order valence-corrected chi connectivity index (χ1v) is 8.70. The number of nitrogens with zero attached hydrogens (tertiary/aromatic N) is 3. The Morgan fingerprint density at radius 2 is 2.00 bits per heavy atom. The summed E-state index contributed by atoms with van der Waals surface area (Å²) in [6.45, 7) is 2.39.